The maximum atomic E-state index is 11.5. The summed E-state index contributed by atoms with van der Waals surface area (Å²) < 4.78 is 5.13. The lowest BCUT2D eigenvalue weighted by Crippen LogP contribution is -2.42. The van der Waals surface area contributed by atoms with E-state index in [1.165, 1.54) is 16.9 Å². The van der Waals surface area contributed by atoms with Crippen LogP contribution in [0.25, 0.3) is 0 Å². The number of esters is 1. The van der Waals surface area contributed by atoms with Crippen molar-refractivity contribution in [2.45, 2.75) is 57.4 Å². The first-order valence-corrected chi connectivity index (χ1v) is 13.4. The van der Waals surface area contributed by atoms with Gasteiger partial charge >= 0.3 is 17.9 Å². The van der Waals surface area contributed by atoms with Crippen LogP contribution in [0.3, 0.4) is 0 Å². The van der Waals surface area contributed by atoms with E-state index in [4.69, 9.17) is 14.9 Å². The second-order valence-electron chi connectivity index (χ2n) is 8.44. The first kappa shape index (κ1) is 24.2. The summed E-state index contributed by atoms with van der Waals surface area (Å²) in [5.74, 6) is -1.81. The summed E-state index contributed by atoms with van der Waals surface area (Å²) in [6, 6.07) is 6.55. The van der Waals surface area contributed by atoms with E-state index >= 15 is 0 Å². The number of carbonyl (C=O) groups is 3. The molecule has 1 saturated heterocycles. The van der Waals surface area contributed by atoms with E-state index in [-0.39, 0.29) is 0 Å². The van der Waals surface area contributed by atoms with Crippen molar-refractivity contribution >= 4 is 42.9 Å². The highest BCUT2D eigenvalue weighted by molar-refractivity contribution is 8.00. The van der Waals surface area contributed by atoms with Crippen LogP contribution in [0, 0.1) is 0 Å². The number of nitrogens with one attached hydrogen (secondary N) is 1. The van der Waals surface area contributed by atoms with E-state index < -0.39 is 43.0 Å². The molecule has 0 spiro atoms. The molecule has 1 aromatic rings. The fraction of sp³-hybridized carbons (Fsp3) is 0.526. The second kappa shape index (κ2) is 9.57. The molecule has 2 unspecified atom stereocenters. The van der Waals surface area contributed by atoms with Gasteiger partial charge in [-0.3, -0.25) is 10.1 Å². The standard InChI is InChI=1S/C10H14O2Si.C9H15NO4S/c1-13(2,3)9-6-4-8(5-7-9)10(11)12;1-9(2,3)14-8(13)6-10-5(4-15-6)7(11)12/h4-7H,1-3H3,(H,11,12);5-6,10H,4H2,1-3H3,(H,11,12). The SMILES string of the molecule is CC(C)(C)OC(=O)C1NC(C(=O)O)CS1.C[Si](C)(C)c1ccc(C(=O)O)cc1. The minimum absolute atomic E-state index is 0.363. The highest BCUT2D eigenvalue weighted by Gasteiger charge is 2.36. The van der Waals surface area contributed by atoms with E-state index in [1.54, 1.807) is 32.9 Å². The smallest absolute Gasteiger partial charge is 0.335 e. The van der Waals surface area contributed by atoms with Gasteiger partial charge in [0.2, 0.25) is 0 Å². The molecule has 0 radical (unpaired) electrons. The van der Waals surface area contributed by atoms with Gasteiger partial charge < -0.3 is 14.9 Å². The number of benzene rings is 1. The molecule has 0 saturated carbocycles. The Hall–Kier alpha value is -1.84. The van der Waals surface area contributed by atoms with Gasteiger partial charge in [-0.2, -0.15) is 0 Å². The summed E-state index contributed by atoms with van der Waals surface area (Å²) >= 11 is 1.26. The van der Waals surface area contributed by atoms with Crippen molar-refractivity contribution in [3.8, 4) is 0 Å². The Morgan fingerprint density at radius 1 is 1.11 bits per heavy atom. The minimum atomic E-state index is -1.28. The van der Waals surface area contributed by atoms with Gasteiger partial charge in [-0.25, -0.2) is 9.59 Å². The van der Waals surface area contributed by atoms with Gasteiger partial charge in [0.25, 0.3) is 0 Å². The number of aliphatic carboxylic acids is 1. The Morgan fingerprint density at radius 2 is 1.64 bits per heavy atom. The van der Waals surface area contributed by atoms with Crippen LogP contribution in [0.1, 0.15) is 31.1 Å². The van der Waals surface area contributed by atoms with Gasteiger partial charge in [0.05, 0.1) is 13.6 Å². The molecule has 1 aliphatic heterocycles. The fourth-order valence-electron chi connectivity index (χ4n) is 2.22. The van der Waals surface area contributed by atoms with Crippen LogP contribution in [-0.4, -0.2) is 59.0 Å². The van der Waals surface area contributed by atoms with E-state index in [2.05, 4.69) is 25.0 Å². The van der Waals surface area contributed by atoms with Gasteiger partial charge in [-0.15, -0.1) is 11.8 Å². The molecule has 1 fully saturated rings. The fourth-order valence-corrected chi connectivity index (χ4v) is 4.45. The monoisotopic (exact) mass is 427 g/mol. The third kappa shape index (κ3) is 8.03. The molecule has 28 heavy (non-hydrogen) atoms. The van der Waals surface area contributed by atoms with E-state index in [1.807, 2.05) is 12.1 Å². The first-order valence-electron chi connectivity index (χ1n) is 8.88. The van der Waals surface area contributed by atoms with Crippen molar-refractivity contribution in [3.63, 3.8) is 0 Å². The van der Waals surface area contributed by atoms with Crippen molar-refractivity contribution in [1.82, 2.24) is 5.32 Å². The van der Waals surface area contributed by atoms with Crippen LogP contribution >= 0.6 is 11.8 Å². The van der Waals surface area contributed by atoms with E-state index in [9.17, 15) is 14.4 Å². The predicted octanol–water partition coefficient (Wildman–Crippen LogP) is 2.37. The van der Waals surface area contributed by atoms with Gasteiger partial charge in [-0.05, 0) is 32.9 Å². The molecule has 9 heteroatoms. The number of rotatable bonds is 4. The number of hydrogen-bond acceptors (Lipinski definition) is 6. The zero-order valence-electron chi connectivity index (χ0n) is 17.1. The zero-order valence-corrected chi connectivity index (χ0v) is 18.9. The molecule has 0 amide bonds. The van der Waals surface area contributed by atoms with Crippen molar-refractivity contribution < 1.29 is 29.3 Å². The number of aromatic carboxylic acids is 1. The number of ether oxygens (including phenoxy) is 1. The summed E-state index contributed by atoms with van der Waals surface area (Å²) in [4.78, 5) is 32.7. The van der Waals surface area contributed by atoms with Crippen molar-refractivity contribution in [3.05, 3.63) is 29.8 Å². The lowest BCUT2D eigenvalue weighted by atomic mass is 10.2. The summed E-state index contributed by atoms with van der Waals surface area (Å²) in [5, 5.41) is 20.8. The molecule has 156 valence electrons. The molecule has 1 aromatic carbocycles. The third-order valence-corrected chi connectivity index (χ3v) is 6.95. The number of carboxylic acids is 2. The maximum Gasteiger partial charge on any atom is 0.335 e. The van der Waals surface area contributed by atoms with Crippen LogP contribution < -0.4 is 10.5 Å². The lowest BCUT2D eigenvalue weighted by Gasteiger charge is -2.21. The number of carbonyl (C=O) groups excluding carboxylic acids is 1. The highest BCUT2D eigenvalue weighted by Crippen LogP contribution is 2.22. The average molecular weight is 428 g/mol. The van der Waals surface area contributed by atoms with E-state index in [0.717, 1.165) is 0 Å². The molecule has 2 rings (SSSR count). The average Bonchev–Trinajstić information content (AvgIpc) is 3.03. The number of hydrogen-bond donors (Lipinski definition) is 3. The Kier molecular flexibility index (Phi) is 8.27. The minimum Gasteiger partial charge on any atom is -0.480 e. The van der Waals surface area contributed by atoms with Crippen LogP contribution in [0.4, 0.5) is 0 Å². The lowest BCUT2D eigenvalue weighted by molar-refractivity contribution is -0.154. The van der Waals surface area contributed by atoms with Gasteiger partial charge in [0, 0.05) is 5.75 Å². The van der Waals surface area contributed by atoms with E-state index in [0.29, 0.717) is 11.3 Å². The normalized spacial score (nSPS) is 19.4. The summed E-state index contributed by atoms with van der Waals surface area (Å²) in [6.07, 6.45) is 0. The van der Waals surface area contributed by atoms with Crippen LogP contribution in [0.15, 0.2) is 24.3 Å². The van der Waals surface area contributed by atoms with Crippen LogP contribution in [0.2, 0.25) is 19.6 Å². The molecule has 0 aromatic heterocycles. The quantitative estimate of drug-likeness (QED) is 0.496. The maximum absolute atomic E-state index is 11.5. The molecule has 2 atom stereocenters. The molecule has 1 aliphatic rings. The first-order chi connectivity index (χ1) is 12.7. The van der Waals surface area contributed by atoms with Crippen molar-refractivity contribution in [1.29, 1.82) is 0 Å². The number of carboxylic acid groups (broad SMARTS) is 2. The Labute approximate surface area is 170 Å². The summed E-state index contributed by atoms with van der Waals surface area (Å²) in [6.45, 7) is 12.0. The summed E-state index contributed by atoms with van der Waals surface area (Å²) in [5.41, 5.74) is -0.178. The molecule has 0 aliphatic carbocycles. The second-order valence-corrected chi connectivity index (χ2v) is 14.7. The molecular formula is C19H29NO6SSi. The molecular weight excluding hydrogens is 398 g/mol. The highest BCUT2D eigenvalue weighted by atomic mass is 32.2. The zero-order chi connectivity index (χ0) is 21.7. The van der Waals surface area contributed by atoms with Crippen LogP contribution in [0.5, 0.6) is 0 Å². The molecule has 3 N–H and O–H groups in total. The molecule has 0 bridgehead atoms. The van der Waals surface area contributed by atoms with Crippen LogP contribution in [-0.2, 0) is 14.3 Å². The molecule has 1 heterocycles. The van der Waals surface area contributed by atoms with Gasteiger partial charge in [0.1, 0.15) is 11.6 Å². The van der Waals surface area contributed by atoms with Gasteiger partial charge in [0.15, 0.2) is 5.37 Å². The van der Waals surface area contributed by atoms with Gasteiger partial charge in [-0.1, -0.05) is 37.0 Å². The topological polar surface area (TPSA) is 113 Å². The third-order valence-electron chi connectivity index (χ3n) is 3.70. The Bertz CT molecular complexity index is 709. The largest absolute Gasteiger partial charge is 0.480 e. The Morgan fingerprint density at radius 3 is 2.00 bits per heavy atom. The predicted molar refractivity (Wildman–Crippen MR) is 113 cm³/mol. The van der Waals surface area contributed by atoms with Crippen molar-refractivity contribution in [2.24, 2.45) is 0 Å². The van der Waals surface area contributed by atoms with Crippen molar-refractivity contribution in [2.75, 3.05) is 5.75 Å². The molecule has 7 nitrogen and oxygen atoms in total. The Balaban J connectivity index is 0.000000283. The summed E-state index contributed by atoms with van der Waals surface area (Å²) in [7, 11) is -1.28. The number of thioether (sulfide) groups is 1.